The average Bonchev–Trinajstić information content (AvgIpc) is 2.67. The Morgan fingerprint density at radius 1 is 1.50 bits per heavy atom. The Balaban J connectivity index is 1.89. The number of hydrazine groups is 1. The Hall–Kier alpha value is -0.720. The van der Waals surface area contributed by atoms with Crippen LogP contribution in [0.4, 0.5) is 5.13 Å². The second-order valence-electron chi connectivity index (χ2n) is 3.08. The molecule has 0 unspecified atom stereocenters. The lowest BCUT2D eigenvalue weighted by atomic mass is 10.5. The van der Waals surface area contributed by atoms with Gasteiger partial charge in [0.1, 0.15) is 5.82 Å². The van der Waals surface area contributed by atoms with Crippen molar-refractivity contribution in [2.45, 2.75) is 13.3 Å². The van der Waals surface area contributed by atoms with Gasteiger partial charge in [0.15, 0.2) is 0 Å². The van der Waals surface area contributed by atoms with E-state index >= 15 is 0 Å². The fourth-order valence-corrected chi connectivity index (χ4v) is 1.93. The predicted octanol–water partition coefficient (Wildman–Crippen LogP) is 0.760. The standard InChI is InChI=1S/C8H14N4OS/c1-2-7-9-8(14-11-7)10-12-3-5-13-6-4-12/h2-6H2,1H3,(H,9,10,11). The first kappa shape index (κ1) is 9.82. The summed E-state index contributed by atoms with van der Waals surface area (Å²) in [6, 6.07) is 0. The zero-order chi connectivity index (χ0) is 9.80. The summed E-state index contributed by atoms with van der Waals surface area (Å²) in [7, 11) is 0. The minimum Gasteiger partial charge on any atom is -0.379 e. The van der Waals surface area contributed by atoms with E-state index < -0.39 is 0 Å². The van der Waals surface area contributed by atoms with Crippen molar-refractivity contribution in [3.63, 3.8) is 0 Å². The molecule has 0 saturated carbocycles. The van der Waals surface area contributed by atoms with E-state index in [4.69, 9.17) is 4.74 Å². The van der Waals surface area contributed by atoms with Crippen LogP contribution in [0.15, 0.2) is 0 Å². The maximum atomic E-state index is 5.25. The van der Waals surface area contributed by atoms with Crippen molar-refractivity contribution in [1.82, 2.24) is 14.4 Å². The molecule has 1 aromatic heterocycles. The maximum absolute atomic E-state index is 5.25. The van der Waals surface area contributed by atoms with E-state index in [-0.39, 0.29) is 0 Å². The Morgan fingerprint density at radius 2 is 2.29 bits per heavy atom. The van der Waals surface area contributed by atoms with Gasteiger partial charge in [-0.25, -0.2) is 9.99 Å². The zero-order valence-electron chi connectivity index (χ0n) is 8.19. The summed E-state index contributed by atoms with van der Waals surface area (Å²) in [4.78, 5) is 4.34. The molecular weight excluding hydrogens is 200 g/mol. The molecule has 0 aliphatic carbocycles. The van der Waals surface area contributed by atoms with Crippen LogP contribution in [0, 0.1) is 0 Å². The quantitative estimate of drug-likeness (QED) is 0.805. The third kappa shape index (κ3) is 2.40. The van der Waals surface area contributed by atoms with Gasteiger partial charge in [-0.05, 0) is 0 Å². The molecule has 78 valence electrons. The molecule has 0 aromatic carbocycles. The lowest BCUT2D eigenvalue weighted by Crippen LogP contribution is -2.40. The molecule has 6 heteroatoms. The highest BCUT2D eigenvalue weighted by atomic mass is 32.1. The van der Waals surface area contributed by atoms with Gasteiger partial charge in [-0.1, -0.05) is 6.92 Å². The number of rotatable bonds is 3. The van der Waals surface area contributed by atoms with Crippen molar-refractivity contribution >= 4 is 16.7 Å². The summed E-state index contributed by atoms with van der Waals surface area (Å²) in [5.74, 6) is 0.908. The minimum absolute atomic E-state index is 0.784. The van der Waals surface area contributed by atoms with Gasteiger partial charge in [0, 0.05) is 31.0 Å². The van der Waals surface area contributed by atoms with E-state index in [1.807, 2.05) is 0 Å². The number of aryl methyl sites for hydroxylation is 1. The fraction of sp³-hybridized carbons (Fsp3) is 0.750. The zero-order valence-corrected chi connectivity index (χ0v) is 9.01. The van der Waals surface area contributed by atoms with Crippen molar-refractivity contribution in [2.75, 3.05) is 31.7 Å². The Bertz CT molecular complexity index is 285. The Labute approximate surface area is 87.2 Å². The van der Waals surface area contributed by atoms with E-state index in [1.165, 1.54) is 11.5 Å². The number of anilines is 1. The van der Waals surface area contributed by atoms with Crippen molar-refractivity contribution < 1.29 is 4.74 Å². The molecule has 2 heterocycles. The highest BCUT2D eigenvalue weighted by Crippen LogP contribution is 2.12. The van der Waals surface area contributed by atoms with E-state index in [0.717, 1.165) is 43.7 Å². The molecule has 1 aliphatic rings. The largest absolute Gasteiger partial charge is 0.379 e. The molecule has 2 rings (SSSR count). The first-order valence-electron chi connectivity index (χ1n) is 4.80. The Morgan fingerprint density at radius 3 is 2.93 bits per heavy atom. The van der Waals surface area contributed by atoms with Gasteiger partial charge in [-0.3, -0.25) is 5.43 Å². The first-order valence-corrected chi connectivity index (χ1v) is 5.57. The molecule has 0 amide bonds. The van der Waals surface area contributed by atoms with Crippen molar-refractivity contribution in [2.24, 2.45) is 0 Å². The third-order valence-electron chi connectivity index (χ3n) is 2.05. The van der Waals surface area contributed by atoms with Gasteiger partial charge in [0.2, 0.25) is 5.13 Å². The third-order valence-corrected chi connectivity index (χ3v) is 2.71. The Kier molecular flexibility index (Phi) is 3.28. The topological polar surface area (TPSA) is 50.3 Å². The van der Waals surface area contributed by atoms with Crippen LogP contribution in [-0.2, 0) is 11.2 Å². The summed E-state index contributed by atoms with van der Waals surface area (Å²) >= 11 is 1.41. The number of nitrogens with zero attached hydrogens (tertiary/aromatic N) is 3. The van der Waals surface area contributed by atoms with E-state index in [9.17, 15) is 0 Å². The number of aromatic nitrogens is 2. The molecule has 5 nitrogen and oxygen atoms in total. The van der Waals surface area contributed by atoms with Gasteiger partial charge in [0.05, 0.1) is 13.2 Å². The van der Waals surface area contributed by atoms with Crippen LogP contribution in [0.2, 0.25) is 0 Å². The van der Waals surface area contributed by atoms with Gasteiger partial charge in [-0.15, -0.1) is 0 Å². The summed E-state index contributed by atoms with van der Waals surface area (Å²) < 4.78 is 9.46. The van der Waals surface area contributed by atoms with Crippen LogP contribution < -0.4 is 5.43 Å². The normalized spacial score (nSPS) is 18.4. The van der Waals surface area contributed by atoms with Crippen LogP contribution in [0.1, 0.15) is 12.7 Å². The lowest BCUT2D eigenvalue weighted by molar-refractivity contribution is 0.0497. The molecule has 1 fully saturated rings. The molecule has 1 aromatic rings. The number of ether oxygens (including phenoxy) is 1. The number of morpholine rings is 1. The van der Waals surface area contributed by atoms with Crippen molar-refractivity contribution in [3.8, 4) is 0 Å². The second kappa shape index (κ2) is 4.68. The van der Waals surface area contributed by atoms with Gasteiger partial charge in [-0.2, -0.15) is 4.37 Å². The monoisotopic (exact) mass is 214 g/mol. The summed E-state index contributed by atoms with van der Waals surface area (Å²) in [6.45, 7) is 5.43. The molecule has 0 atom stereocenters. The van der Waals surface area contributed by atoms with Crippen LogP contribution in [-0.4, -0.2) is 40.7 Å². The molecule has 0 bridgehead atoms. The SMILES string of the molecule is CCc1nsc(NN2CCOCC2)n1. The minimum atomic E-state index is 0.784. The van der Waals surface area contributed by atoms with Crippen LogP contribution in [0.3, 0.4) is 0 Å². The molecule has 0 spiro atoms. The summed E-state index contributed by atoms with van der Waals surface area (Å²) in [6.07, 6.45) is 0.890. The van der Waals surface area contributed by atoms with E-state index in [2.05, 4.69) is 26.7 Å². The first-order chi connectivity index (χ1) is 6.88. The molecule has 1 saturated heterocycles. The average molecular weight is 214 g/mol. The lowest BCUT2D eigenvalue weighted by Gasteiger charge is -2.26. The highest BCUT2D eigenvalue weighted by Gasteiger charge is 2.11. The summed E-state index contributed by atoms with van der Waals surface area (Å²) in [5.41, 5.74) is 3.23. The van der Waals surface area contributed by atoms with Crippen molar-refractivity contribution in [1.29, 1.82) is 0 Å². The second-order valence-corrected chi connectivity index (χ2v) is 3.83. The predicted molar refractivity (Wildman–Crippen MR) is 55.3 cm³/mol. The number of hydrogen-bond donors (Lipinski definition) is 1. The number of nitrogens with one attached hydrogen (secondary N) is 1. The maximum Gasteiger partial charge on any atom is 0.217 e. The van der Waals surface area contributed by atoms with Crippen LogP contribution in [0.25, 0.3) is 0 Å². The van der Waals surface area contributed by atoms with Gasteiger partial charge in [0.25, 0.3) is 0 Å². The highest BCUT2D eigenvalue weighted by molar-refractivity contribution is 7.09. The summed E-state index contributed by atoms with van der Waals surface area (Å²) in [5, 5.41) is 2.99. The molecule has 14 heavy (non-hydrogen) atoms. The van der Waals surface area contributed by atoms with Gasteiger partial charge >= 0.3 is 0 Å². The van der Waals surface area contributed by atoms with E-state index in [0.29, 0.717) is 0 Å². The number of hydrogen-bond acceptors (Lipinski definition) is 6. The van der Waals surface area contributed by atoms with Gasteiger partial charge < -0.3 is 4.74 Å². The van der Waals surface area contributed by atoms with Crippen LogP contribution in [0.5, 0.6) is 0 Å². The van der Waals surface area contributed by atoms with E-state index in [1.54, 1.807) is 0 Å². The van der Waals surface area contributed by atoms with Crippen molar-refractivity contribution in [3.05, 3.63) is 5.82 Å². The molecule has 1 N–H and O–H groups in total. The smallest absolute Gasteiger partial charge is 0.217 e. The fourth-order valence-electron chi connectivity index (χ4n) is 1.25. The molecular formula is C8H14N4OS. The molecule has 1 aliphatic heterocycles. The van der Waals surface area contributed by atoms with Crippen LogP contribution >= 0.6 is 11.5 Å². The molecule has 0 radical (unpaired) electrons.